The average molecular weight is 448 g/mol. The van der Waals surface area contributed by atoms with Crippen LogP contribution in [0.15, 0.2) is 48.5 Å². The zero-order valence-corrected chi connectivity index (χ0v) is 18.7. The van der Waals surface area contributed by atoms with E-state index in [1.54, 1.807) is 6.92 Å². The Morgan fingerprint density at radius 3 is 2.39 bits per heavy atom. The molecule has 0 aliphatic carbocycles. The monoisotopic (exact) mass is 447 g/mol. The van der Waals surface area contributed by atoms with Gasteiger partial charge < -0.3 is 10.1 Å². The van der Waals surface area contributed by atoms with Crippen LogP contribution in [0, 0.1) is 0 Å². The summed E-state index contributed by atoms with van der Waals surface area (Å²) in [5.74, 6) is -1.90. The predicted octanol–water partition coefficient (Wildman–Crippen LogP) is 3.64. The Morgan fingerprint density at radius 1 is 1.06 bits per heavy atom. The number of carbonyl (C=O) groups is 2. The summed E-state index contributed by atoms with van der Waals surface area (Å²) in [5, 5.41) is 2.63. The molecular weight excluding hydrogens is 418 g/mol. The molecule has 0 saturated carbocycles. The van der Waals surface area contributed by atoms with E-state index in [0.717, 1.165) is 29.5 Å². The minimum absolute atomic E-state index is 0.0828. The number of hydrogen-bond acceptors (Lipinski definition) is 5. The highest BCUT2D eigenvalue weighted by atomic mass is 32.2. The van der Waals surface area contributed by atoms with Crippen LogP contribution in [-0.4, -0.2) is 43.2 Å². The van der Waals surface area contributed by atoms with Crippen molar-refractivity contribution in [1.82, 2.24) is 5.32 Å². The van der Waals surface area contributed by atoms with Crippen molar-refractivity contribution < 1.29 is 27.3 Å². The number of carbonyl (C=O) groups excluding carboxylic acids is 2. The third kappa shape index (κ3) is 7.48. The Kier molecular flexibility index (Phi) is 9.21. The van der Waals surface area contributed by atoms with E-state index in [4.69, 9.17) is 9.29 Å². The van der Waals surface area contributed by atoms with Gasteiger partial charge in [0.25, 0.3) is 16.0 Å². The number of benzene rings is 2. The van der Waals surface area contributed by atoms with E-state index in [-0.39, 0.29) is 13.0 Å². The topological polar surface area (TPSA) is 110 Å². The SMILES string of the molecule is CCCCc1cccc(-c2ccccc2)c1C(=O)N[C@@H](CCS(=O)(=O)O)C(=O)OCC. The molecule has 1 atom stereocenters. The van der Waals surface area contributed by atoms with Crippen LogP contribution in [0.25, 0.3) is 11.1 Å². The van der Waals surface area contributed by atoms with Gasteiger partial charge >= 0.3 is 5.97 Å². The molecule has 0 unspecified atom stereocenters. The molecule has 0 fully saturated rings. The molecule has 0 aliphatic rings. The Hall–Kier alpha value is -2.71. The number of rotatable bonds is 11. The average Bonchev–Trinajstić information content (AvgIpc) is 2.74. The quantitative estimate of drug-likeness (QED) is 0.402. The summed E-state index contributed by atoms with van der Waals surface area (Å²) in [6.45, 7) is 3.76. The molecule has 0 spiro atoms. The fourth-order valence-electron chi connectivity index (χ4n) is 3.29. The first-order valence-electron chi connectivity index (χ1n) is 10.4. The highest BCUT2D eigenvalue weighted by Crippen LogP contribution is 2.27. The fraction of sp³-hybridized carbons (Fsp3) is 0.391. The standard InChI is InChI=1S/C23H29NO6S/c1-3-5-10-18-13-9-14-19(17-11-7-6-8-12-17)21(18)22(25)24-20(23(26)30-4-2)15-16-31(27,28)29/h6-9,11-14,20H,3-5,10,15-16H2,1-2H3,(H,24,25)(H,27,28,29)/t20-/m0/s1. The minimum atomic E-state index is -4.30. The second-order valence-corrected chi connectivity index (χ2v) is 8.73. The number of nitrogens with one attached hydrogen (secondary N) is 1. The second-order valence-electron chi connectivity index (χ2n) is 7.16. The summed E-state index contributed by atoms with van der Waals surface area (Å²) in [4.78, 5) is 25.7. The van der Waals surface area contributed by atoms with Gasteiger partial charge in [-0.3, -0.25) is 9.35 Å². The first kappa shape index (κ1) is 24.6. The van der Waals surface area contributed by atoms with Gasteiger partial charge in [0, 0.05) is 0 Å². The highest BCUT2D eigenvalue weighted by molar-refractivity contribution is 7.85. The van der Waals surface area contributed by atoms with E-state index in [0.29, 0.717) is 12.0 Å². The number of esters is 1. The van der Waals surface area contributed by atoms with E-state index in [2.05, 4.69) is 12.2 Å². The number of aryl methyl sites for hydroxylation is 1. The summed E-state index contributed by atoms with van der Waals surface area (Å²) < 4.78 is 36.4. The second kappa shape index (κ2) is 11.6. The van der Waals surface area contributed by atoms with Crippen molar-refractivity contribution in [3.05, 3.63) is 59.7 Å². The number of unbranched alkanes of at least 4 members (excludes halogenated alkanes) is 1. The lowest BCUT2D eigenvalue weighted by Crippen LogP contribution is -2.43. The predicted molar refractivity (Wildman–Crippen MR) is 119 cm³/mol. The maximum Gasteiger partial charge on any atom is 0.328 e. The lowest BCUT2D eigenvalue weighted by Gasteiger charge is -2.20. The van der Waals surface area contributed by atoms with Gasteiger partial charge in [0.1, 0.15) is 6.04 Å². The van der Waals surface area contributed by atoms with Gasteiger partial charge in [-0.05, 0) is 42.9 Å². The van der Waals surface area contributed by atoms with Crippen LogP contribution in [0.4, 0.5) is 0 Å². The summed E-state index contributed by atoms with van der Waals surface area (Å²) in [7, 11) is -4.30. The molecule has 31 heavy (non-hydrogen) atoms. The van der Waals surface area contributed by atoms with Crippen molar-refractivity contribution in [2.75, 3.05) is 12.4 Å². The molecule has 0 aliphatic heterocycles. The zero-order chi connectivity index (χ0) is 22.9. The summed E-state index contributed by atoms with van der Waals surface area (Å²) in [5.41, 5.74) is 2.88. The lowest BCUT2D eigenvalue weighted by molar-refractivity contribution is -0.145. The molecule has 2 aromatic carbocycles. The van der Waals surface area contributed by atoms with Crippen LogP contribution in [0.5, 0.6) is 0 Å². The van der Waals surface area contributed by atoms with Crippen molar-refractivity contribution in [1.29, 1.82) is 0 Å². The Bertz CT molecular complexity index is 988. The molecule has 2 rings (SSSR count). The molecule has 8 heteroatoms. The van der Waals surface area contributed by atoms with Crippen molar-refractivity contribution in [2.45, 2.75) is 45.6 Å². The lowest BCUT2D eigenvalue weighted by atomic mass is 9.92. The van der Waals surface area contributed by atoms with Crippen LogP contribution in [-0.2, 0) is 26.1 Å². The van der Waals surface area contributed by atoms with Crippen molar-refractivity contribution >= 4 is 22.0 Å². The molecule has 0 heterocycles. The first-order chi connectivity index (χ1) is 14.8. The van der Waals surface area contributed by atoms with Gasteiger partial charge in [-0.15, -0.1) is 0 Å². The minimum Gasteiger partial charge on any atom is -0.464 e. The van der Waals surface area contributed by atoms with Gasteiger partial charge in [-0.25, -0.2) is 4.79 Å². The van der Waals surface area contributed by atoms with E-state index in [1.165, 1.54) is 0 Å². The highest BCUT2D eigenvalue weighted by Gasteiger charge is 2.27. The van der Waals surface area contributed by atoms with Crippen LogP contribution in [0.1, 0.15) is 49.0 Å². The normalized spacial score (nSPS) is 12.2. The van der Waals surface area contributed by atoms with Crippen LogP contribution in [0.2, 0.25) is 0 Å². The Morgan fingerprint density at radius 2 is 1.77 bits per heavy atom. The number of hydrogen-bond donors (Lipinski definition) is 2. The molecule has 0 bridgehead atoms. The summed E-state index contributed by atoms with van der Waals surface area (Å²) in [6, 6.07) is 13.9. The molecule has 7 nitrogen and oxygen atoms in total. The van der Waals surface area contributed by atoms with Crippen LogP contribution >= 0.6 is 0 Å². The zero-order valence-electron chi connectivity index (χ0n) is 17.8. The first-order valence-corrected chi connectivity index (χ1v) is 12.0. The van der Waals surface area contributed by atoms with E-state index in [9.17, 15) is 18.0 Å². The number of ether oxygens (including phenoxy) is 1. The maximum absolute atomic E-state index is 13.3. The van der Waals surface area contributed by atoms with Gasteiger partial charge in [0.2, 0.25) is 0 Å². The van der Waals surface area contributed by atoms with Crippen LogP contribution < -0.4 is 5.32 Å². The Labute approximate surface area is 183 Å². The van der Waals surface area contributed by atoms with Gasteiger partial charge in [0.15, 0.2) is 0 Å². The van der Waals surface area contributed by atoms with E-state index in [1.807, 2.05) is 48.5 Å². The fourth-order valence-corrected chi connectivity index (χ4v) is 3.82. The van der Waals surface area contributed by atoms with Gasteiger partial charge in [0.05, 0.1) is 17.9 Å². The van der Waals surface area contributed by atoms with Gasteiger partial charge in [-0.2, -0.15) is 8.42 Å². The third-order valence-electron chi connectivity index (χ3n) is 4.80. The maximum atomic E-state index is 13.3. The summed E-state index contributed by atoms with van der Waals surface area (Å²) >= 11 is 0. The molecule has 1 amide bonds. The van der Waals surface area contributed by atoms with Crippen molar-refractivity contribution in [3.63, 3.8) is 0 Å². The molecule has 0 saturated heterocycles. The molecule has 168 valence electrons. The summed E-state index contributed by atoms with van der Waals surface area (Å²) in [6.07, 6.45) is 2.25. The molecule has 2 N–H and O–H groups in total. The molecular formula is C23H29NO6S. The molecule has 0 radical (unpaired) electrons. The van der Waals surface area contributed by atoms with E-state index < -0.39 is 33.8 Å². The molecule has 0 aromatic heterocycles. The van der Waals surface area contributed by atoms with Crippen LogP contribution in [0.3, 0.4) is 0 Å². The smallest absolute Gasteiger partial charge is 0.328 e. The largest absolute Gasteiger partial charge is 0.464 e. The third-order valence-corrected chi connectivity index (χ3v) is 5.55. The van der Waals surface area contributed by atoms with Crippen molar-refractivity contribution in [2.24, 2.45) is 0 Å². The van der Waals surface area contributed by atoms with Gasteiger partial charge in [-0.1, -0.05) is 61.9 Å². The van der Waals surface area contributed by atoms with E-state index >= 15 is 0 Å². The number of amides is 1. The Balaban J connectivity index is 2.42. The molecule has 2 aromatic rings. The van der Waals surface area contributed by atoms with Crippen molar-refractivity contribution in [3.8, 4) is 11.1 Å².